The average Bonchev–Trinajstić information content (AvgIpc) is 3.04. The van der Waals surface area contributed by atoms with Gasteiger partial charge in [-0.1, -0.05) is 24.3 Å². The summed E-state index contributed by atoms with van der Waals surface area (Å²) in [6, 6.07) is 14.7. The van der Waals surface area contributed by atoms with Crippen molar-refractivity contribution in [2.24, 2.45) is 0 Å². The number of para-hydroxylation sites is 1. The Morgan fingerprint density at radius 1 is 0.967 bits per heavy atom. The number of ether oxygens (including phenoxy) is 2. The molecule has 7 nitrogen and oxygen atoms in total. The largest absolute Gasteiger partial charge is 0.496 e. The monoisotopic (exact) mass is 407 g/mol. The van der Waals surface area contributed by atoms with Crippen molar-refractivity contribution in [3.63, 3.8) is 0 Å². The van der Waals surface area contributed by atoms with Gasteiger partial charge in [0.1, 0.15) is 11.4 Å². The van der Waals surface area contributed by atoms with Gasteiger partial charge < -0.3 is 19.3 Å². The summed E-state index contributed by atoms with van der Waals surface area (Å²) >= 11 is 0. The van der Waals surface area contributed by atoms with Gasteiger partial charge in [0.05, 0.1) is 31.6 Å². The van der Waals surface area contributed by atoms with E-state index in [4.69, 9.17) is 9.47 Å². The maximum atomic E-state index is 13.6. The van der Waals surface area contributed by atoms with Crippen LogP contribution in [-0.4, -0.2) is 64.2 Å². The second-order valence-electron chi connectivity index (χ2n) is 7.38. The fourth-order valence-electron chi connectivity index (χ4n) is 3.84. The number of amides is 2. The molecule has 2 aromatic rings. The molecule has 0 saturated carbocycles. The molecule has 0 aromatic heterocycles. The van der Waals surface area contributed by atoms with Crippen molar-refractivity contribution in [1.82, 2.24) is 4.90 Å². The molecule has 4 rings (SSSR count). The van der Waals surface area contributed by atoms with E-state index in [-0.39, 0.29) is 11.8 Å². The highest BCUT2D eigenvalue weighted by Gasteiger charge is 2.43. The molecule has 0 radical (unpaired) electrons. The summed E-state index contributed by atoms with van der Waals surface area (Å²) in [5, 5.41) is 0. The highest BCUT2D eigenvalue weighted by molar-refractivity contribution is 6.45. The van der Waals surface area contributed by atoms with Crippen molar-refractivity contribution < 1.29 is 19.1 Å². The van der Waals surface area contributed by atoms with Crippen LogP contribution >= 0.6 is 0 Å². The minimum Gasteiger partial charge on any atom is -0.496 e. The van der Waals surface area contributed by atoms with E-state index < -0.39 is 0 Å². The summed E-state index contributed by atoms with van der Waals surface area (Å²) < 4.78 is 11.0. The molecule has 30 heavy (non-hydrogen) atoms. The predicted octanol–water partition coefficient (Wildman–Crippen LogP) is 2.38. The number of nitrogens with zero attached hydrogens (tertiary/aromatic N) is 3. The number of rotatable bonds is 5. The minimum absolute atomic E-state index is 0.321. The molecule has 7 heteroatoms. The molecule has 1 fully saturated rings. The standard InChI is InChI=1S/C23H25N3O4/c1-24(2)16-7-6-8-17(15-16)26-22(27)20(18-9-4-5-10-19(18)29-3)21(23(26)28)25-11-13-30-14-12-25/h4-10,15H,11-14H2,1-3H3. The van der Waals surface area contributed by atoms with Gasteiger partial charge in [-0.2, -0.15) is 0 Å². The van der Waals surface area contributed by atoms with Crippen molar-refractivity contribution in [3.8, 4) is 5.75 Å². The Morgan fingerprint density at radius 2 is 1.70 bits per heavy atom. The smallest absolute Gasteiger partial charge is 0.282 e. The molecule has 0 spiro atoms. The Kier molecular flexibility index (Phi) is 5.46. The third kappa shape index (κ3) is 3.41. The molecule has 0 aliphatic carbocycles. The van der Waals surface area contributed by atoms with Crippen LogP contribution < -0.4 is 14.5 Å². The molecule has 2 aromatic carbocycles. The van der Waals surface area contributed by atoms with Crippen LogP contribution in [0.15, 0.2) is 54.2 Å². The number of benzene rings is 2. The lowest BCUT2D eigenvalue weighted by Gasteiger charge is -2.29. The third-order valence-electron chi connectivity index (χ3n) is 5.37. The lowest BCUT2D eigenvalue weighted by molar-refractivity contribution is -0.121. The fraction of sp³-hybridized carbons (Fsp3) is 0.304. The topological polar surface area (TPSA) is 62.3 Å². The van der Waals surface area contributed by atoms with E-state index in [2.05, 4.69) is 0 Å². The average molecular weight is 407 g/mol. The molecule has 0 N–H and O–H groups in total. The van der Waals surface area contributed by atoms with Crippen molar-refractivity contribution in [1.29, 1.82) is 0 Å². The molecule has 2 heterocycles. The number of hydrogen-bond acceptors (Lipinski definition) is 6. The Morgan fingerprint density at radius 3 is 2.40 bits per heavy atom. The van der Waals surface area contributed by atoms with Crippen molar-refractivity contribution in [2.75, 3.05) is 57.3 Å². The Hall–Kier alpha value is -3.32. The van der Waals surface area contributed by atoms with Gasteiger partial charge in [0.2, 0.25) is 0 Å². The second kappa shape index (κ2) is 8.20. The van der Waals surface area contributed by atoms with E-state index in [1.54, 1.807) is 19.2 Å². The fourth-order valence-corrected chi connectivity index (χ4v) is 3.84. The molecule has 0 bridgehead atoms. The SMILES string of the molecule is COc1ccccc1C1=C(N2CCOCC2)C(=O)N(c2cccc(N(C)C)c2)C1=O. The maximum absolute atomic E-state index is 13.6. The number of anilines is 2. The summed E-state index contributed by atoms with van der Waals surface area (Å²) in [6.45, 7) is 2.14. The predicted molar refractivity (Wildman–Crippen MR) is 116 cm³/mol. The van der Waals surface area contributed by atoms with Crippen LogP contribution in [-0.2, 0) is 14.3 Å². The van der Waals surface area contributed by atoms with E-state index in [0.717, 1.165) is 5.69 Å². The minimum atomic E-state index is -0.345. The Balaban J connectivity index is 1.85. The zero-order valence-corrected chi connectivity index (χ0v) is 17.4. The van der Waals surface area contributed by atoms with E-state index in [1.807, 2.05) is 60.3 Å². The summed E-state index contributed by atoms with van der Waals surface area (Å²) in [5.74, 6) is -0.107. The summed E-state index contributed by atoms with van der Waals surface area (Å²) in [5.41, 5.74) is 2.85. The molecular formula is C23H25N3O4. The number of carbonyl (C=O) groups excluding carboxylic acids is 2. The quantitative estimate of drug-likeness (QED) is 0.710. The molecular weight excluding hydrogens is 382 g/mol. The van der Waals surface area contributed by atoms with Crippen LogP contribution in [0.4, 0.5) is 11.4 Å². The zero-order valence-electron chi connectivity index (χ0n) is 17.4. The lowest BCUT2D eigenvalue weighted by Crippen LogP contribution is -2.40. The van der Waals surface area contributed by atoms with Crippen LogP contribution in [0.2, 0.25) is 0 Å². The van der Waals surface area contributed by atoms with Gasteiger partial charge in [-0.05, 0) is 24.3 Å². The van der Waals surface area contributed by atoms with Gasteiger partial charge in [-0.3, -0.25) is 9.59 Å². The highest BCUT2D eigenvalue weighted by atomic mass is 16.5. The molecule has 2 aliphatic rings. The maximum Gasteiger partial charge on any atom is 0.282 e. The van der Waals surface area contributed by atoms with Crippen LogP contribution in [0.5, 0.6) is 5.75 Å². The first-order valence-corrected chi connectivity index (χ1v) is 9.89. The third-order valence-corrected chi connectivity index (χ3v) is 5.37. The lowest BCUT2D eigenvalue weighted by atomic mass is 10.0. The van der Waals surface area contributed by atoms with Gasteiger partial charge in [0.15, 0.2) is 0 Å². The number of imide groups is 1. The van der Waals surface area contributed by atoms with Crippen molar-refractivity contribution in [3.05, 3.63) is 59.8 Å². The van der Waals surface area contributed by atoms with Crippen LogP contribution in [0, 0.1) is 0 Å². The zero-order chi connectivity index (χ0) is 21.3. The summed E-state index contributed by atoms with van der Waals surface area (Å²) in [4.78, 5) is 32.4. The van der Waals surface area contributed by atoms with Crippen molar-refractivity contribution >= 4 is 28.8 Å². The summed E-state index contributed by atoms with van der Waals surface area (Å²) in [6.07, 6.45) is 0. The number of hydrogen-bond donors (Lipinski definition) is 0. The molecule has 0 atom stereocenters. The van der Waals surface area contributed by atoms with Crippen LogP contribution in [0.3, 0.4) is 0 Å². The summed E-state index contributed by atoms with van der Waals surface area (Å²) in [7, 11) is 5.40. The van der Waals surface area contributed by atoms with E-state index in [1.165, 1.54) is 4.90 Å². The molecule has 0 unspecified atom stereocenters. The van der Waals surface area contributed by atoms with E-state index in [9.17, 15) is 9.59 Å². The molecule has 2 amide bonds. The van der Waals surface area contributed by atoms with Crippen molar-refractivity contribution in [2.45, 2.75) is 0 Å². The number of morpholine rings is 1. The van der Waals surface area contributed by atoms with Gasteiger partial charge >= 0.3 is 0 Å². The van der Waals surface area contributed by atoms with E-state index in [0.29, 0.717) is 54.6 Å². The molecule has 1 saturated heterocycles. The first-order chi connectivity index (χ1) is 14.5. The van der Waals surface area contributed by atoms with E-state index >= 15 is 0 Å². The first-order valence-electron chi connectivity index (χ1n) is 9.89. The number of carbonyl (C=O) groups is 2. The Bertz CT molecular complexity index is 1010. The normalized spacial score (nSPS) is 17.0. The van der Waals surface area contributed by atoms with Gasteiger partial charge in [0, 0.05) is 38.4 Å². The number of methoxy groups -OCH3 is 1. The van der Waals surface area contributed by atoms with Gasteiger partial charge in [-0.15, -0.1) is 0 Å². The van der Waals surface area contributed by atoms with Crippen LogP contribution in [0.25, 0.3) is 5.57 Å². The second-order valence-corrected chi connectivity index (χ2v) is 7.38. The van der Waals surface area contributed by atoms with Crippen LogP contribution in [0.1, 0.15) is 5.56 Å². The molecule has 2 aliphatic heterocycles. The highest BCUT2D eigenvalue weighted by Crippen LogP contribution is 2.39. The molecule has 156 valence electrons. The van der Waals surface area contributed by atoms with Gasteiger partial charge in [-0.25, -0.2) is 4.90 Å². The van der Waals surface area contributed by atoms with Gasteiger partial charge in [0.25, 0.3) is 11.8 Å². The first kappa shape index (κ1) is 20.0. The Labute approximate surface area is 176 Å².